The van der Waals surface area contributed by atoms with E-state index in [1.165, 1.54) is 6.92 Å². The Morgan fingerprint density at radius 3 is 2.55 bits per heavy atom. The highest BCUT2D eigenvalue weighted by molar-refractivity contribution is 9.10. The maximum absolute atomic E-state index is 10.9. The summed E-state index contributed by atoms with van der Waals surface area (Å²) in [5.74, 6) is 0.476. The molecule has 4 nitrogen and oxygen atoms in total. The number of halogens is 2. The van der Waals surface area contributed by atoms with Crippen molar-refractivity contribution in [1.29, 1.82) is 0 Å². The van der Waals surface area contributed by atoms with Crippen LogP contribution in [0, 0.1) is 0 Å². The number of hydrazone groups is 1. The van der Waals surface area contributed by atoms with Crippen molar-refractivity contribution < 1.29 is 9.53 Å². The zero-order chi connectivity index (χ0) is 15.9. The van der Waals surface area contributed by atoms with Crippen LogP contribution in [0.15, 0.2) is 56.5 Å². The van der Waals surface area contributed by atoms with E-state index in [0.29, 0.717) is 12.4 Å². The molecule has 0 heterocycles. The van der Waals surface area contributed by atoms with Crippen molar-refractivity contribution in [3.05, 3.63) is 62.5 Å². The molecule has 114 valence electrons. The lowest BCUT2D eigenvalue weighted by atomic mass is 10.2. The fourth-order valence-electron chi connectivity index (χ4n) is 1.69. The van der Waals surface area contributed by atoms with E-state index in [1.807, 2.05) is 42.5 Å². The lowest BCUT2D eigenvalue weighted by molar-refractivity contribution is -0.118. The van der Waals surface area contributed by atoms with Crippen LogP contribution in [0.5, 0.6) is 5.75 Å². The normalized spacial score (nSPS) is 10.7. The van der Waals surface area contributed by atoms with E-state index >= 15 is 0 Å². The second kappa shape index (κ2) is 8.10. The smallest absolute Gasteiger partial charge is 0.236 e. The van der Waals surface area contributed by atoms with Crippen LogP contribution in [-0.2, 0) is 11.4 Å². The first-order valence-corrected chi connectivity index (χ1v) is 8.09. The Hall–Kier alpha value is -1.66. The van der Waals surface area contributed by atoms with Crippen LogP contribution in [0.3, 0.4) is 0 Å². The molecule has 0 aliphatic rings. The van der Waals surface area contributed by atoms with Gasteiger partial charge in [0.2, 0.25) is 5.91 Å². The largest absolute Gasteiger partial charge is 0.488 e. The van der Waals surface area contributed by atoms with Gasteiger partial charge in [-0.25, -0.2) is 5.43 Å². The van der Waals surface area contributed by atoms with Gasteiger partial charge in [0, 0.05) is 21.4 Å². The van der Waals surface area contributed by atoms with Crippen molar-refractivity contribution in [2.24, 2.45) is 5.10 Å². The Labute approximate surface area is 145 Å². The molecule has 0 unspecified atom stereocenters. The fourth-order valence-corrected chi connectivity index (χ4v) is 2.33. The van der Waals surface area contributed by atoms with Crippen LogP contribution in [0.25, 0.3) is 0 Å². The summed E-state index contributed by atoms with van der Waals surface area (Å²) in [5, 5.41) is 3.88. The van der Waals surface area contributed by atoms with Gasteiger partial charge in [0.1, 0.15) is 12.4 Å². The standard InChI is InChI=1S/C16H14Br2N2O2/c1-11(21)20-19-9-13-8-15(18)6-7-16(13)22-10-12-2-4-14(17)5-3-12/h2-9H,10H2,1H3,(H,20,21)/b19-9-. The molecule has 0 fully saturated rings. The molecule has 0 spiro atoms. The van der Waals surface area contributed by atoms with Gasteiger partial charge in [-0.15, -0.1) is 0 Å². The van der Waals surface area contributed by atoms with Crippen molar-refractivity contribution in [2.45, 2.75) is 13.5 Å². The van der Waals surface area contributed by atoms with Crippen molar-refractivity contribution >= 4 is 44.0 Å². The Bertz CT molecular complexity index is 685. The van der Waals surface area contributed by atoms with Crippen LogP contribution in [-0.4, -0.2) is 12.1 Å². The minimum absolute atomic E-state index is 0.219. The van der Waals surface area contributed by atoms with E-state index in [0.717, 1.165) is 20.1 Å². The summed E-state index contributed by atoms with van der Waals surface area (Å²) in [6, 6.07) is 13.6. The zero-order valence-corrected chi connectivity index (χ0v) is 15.0. The highest BCUT2D eigenvalue weighted by Crippen LogP contribution is 2.23. The quantitative estimate of drug-likeness (QED) is 0.574. The van der Waals surface area contributed by atoms with Gasteiger partial charge >= 0.3 is 0 Å². The third-order valence-corrected chi connectivity index (χ3v) is 3.73. The number of rotatable bonds is 5. The number of ether oxygens (including phenoxy) is 1. The molecular weight excluding hydrogens is 412 g/mol. The van der Waals surface area contributed by atoms with Gasteiger partial charge in [-0.1, -0.05) is 44.0 Å². The molecular formula is C16H14Br2N2O2. The number of nitrogens with zero attached hydrogens (tertiary/aromatic N) is 1. The average molecular weight is 426 g/mol. The highest BCUT2D eigenvalue weighted by Gasteiger charge is 2.04. The molecule has 2 aromatic carbocycles. The maximum Gasteiger partial charge on any atom is 0.236 e. The summed E-state index contributed by atoms with van der Waals surface area (Å²) in [6.45, 7) is 1.86. The molecule has 0 radical (unpaired) electrons. The Morgan fingerprint density at radius 1 is 1.18 bits per heavy atom. The number of carbonyl (C=O) groups is 1. The molecule has 2 rings (SSSR count). The second-order valence-electron chi connectivity index (χ2n) is 4.52. The Kier molecular flexibility index (Phi) is 6.15. The summed E-state index contributed by atoms with van der Waals surface area (Å²) in [6.07, 6.45) is 1.56. The lowest BCUT2D eigenvalue weighted by Gasteiger charge is -2.10. The van der Waals surface area contributed by atoms with Gasteiger partial charge in [0.05, 0.1) is 6.21 Å². The van der Waals surface area contributed by atoms with Gasteiger partial charge < -0.3 is 4.74 Å². The minimum Gasteiger partial charge on any atom is -0.488 e. The SMILES string of the molecule is CC(=O)N/N=C\c1cc(Br)ccc1OCc1ccc(Br)cc1. The van der Waals surface area contributed by atoms with Gasteiger partial charge in [-0.05, 0) is 35.9 Å². The molecule has 0 aliphatic heterocycles. The first-order valence-electron chi connectivity index (χ1n) is 6.51. The monoisotopic (exact) mass is 424 g/mol. The third kappa shape index (κ3) is 5.27. The molecule has 0 aliphatic carbocycles. The van der Waals surface area contributed by atoms with Crippen molar-refractivity contribution in [2.75, 3.05) is 0 Å². The number of carbonyl (C=O) groups excluding carboxylic acids is 1. The molecule has 0 aromatic heterocycles. The first kappa shape index (κ1) is 16.7. The summed E-state index contributed by atoms with van der Waals surface area (Å²) >= 11 is 6.81. The molecule has 1 N–H and O–H groups in total. The second-order valence-corrected chi connectivity index (χ2v) is 6.35. The highest BCUT2D eigenvalue weighted by atomic mass is 79.9. The number of amides is 1. The van der Waals surface area contributed by atoms with Gasteiger partial charge in [-0.3, -0.25) is 4.79 Å². The summed E-state index contributed by atoms with van der Waals surface area (Å²) in [4.78, 5) is 10.9. The van der Waals surface area contributed by atoms with Crippen LogP contribution in [0.1, 0.15) is 18.1 Å². The van der Waals surface area contributed by atoms with Crippen molar-refractivity contribution in [1.82, 2.24) is 5.43 Å². The molecule has 0 saturated heterocycles. The molecule has 22 heavy (non-hydrogen) atoms. The molecule has 0 bridgehead atoms. The van der Waals surface area contributed by atoms with E-state index < -0.39 is 0 Å². The van der Waals surface area contributed by atoms with Crippen LogP contribution in [0.4, 0.5) is 0 Å². The predicted molar refractivity (Wildman–Crippen MR) is 94.0 cm³/mol. The fraction of sp³-hybridized carbons (Fsp3) is 0.125. The Balaban J connectivity index is 2.10. The predicted octanol–water partition coefficient (Wildman–Crippen LogP) is 4.26. The van der Waals surface area contributed by atoms with E-state index in [9.17, 15) is 4.79 Å². The maximum atomic E-state index is 10.9. The molecule has 0 saturated carbocycles. The number of hydrogen-bond acceptors (Lipinski definition) is 3. The minimum atomic E-state index is -0.219. The summed E-state index contributed by atoms with van der Waals surface area (Å²) in [7, 11) is 0. The third-order valence-electron chi connectivity index (χ3n) is 2.71. The molecule has 2 aromatic rings. The van der Waals surface area contributed by atoms with E-state index in [-0.39, 0.29) is 5.91 Å². The van der Waals surface area contributed by atoms with E-state index in [2.05, 4.69) is 42.4 Å². The van der Waals surface area contributed by atoms with Crippen LogP contribution >= 0.6 is 31.9 Å². The van der Waals surface area contributed by atoms with E-state index in [1.54, 1.807) is 6.21 Å². The van der Waals surface area contributed by atoms with Gasteiger partial charge in [0.25, 0.3) is 0 Å². The molecule has 1 amide bonds. The van der Waals surface area contributed by atoms with Crippen LogP contribution < -0.4 is 10.2 Å². The first-order chi connectivity index (χ1) is 10.5. The molecule has 0 atom stereocenters. The van der Waals surface area contributed by atoms with Crippen molar-refractivity contribution in [3.8, 4) is 5.75 Å². The average Bonchev–Trinajstić information content (AvgIpc) is 2.48. The molecule has 6 heteroatoms. The zero-order valence-electron chi connectivity index (χ0n) is 11.8. The van der Waals surface area contributed by atoms with Crippen LogP contribution in [0.2, 0.25) is 0 Å². The number of nitrogens with one attached hydrogen (secondary N) is 1. The lowest BCUT2D eigenvalue weighted by Crippen LogP contribution is -2.12. The summed E-state index contributed by atoms with van der Waals surface area (Å²) in [5.41, 5.74) is 4.22. The Morgan fingerprint density at radius 2 is 1.86 bits per heavy atom. The van der Waals surface area contributed by atoms with Gasteiger partial charge in [-0.2, -0.15) is 5.10 Å². The number of hydrogen-bond donors (Lipinski definition) is 1. The van der Waals surface area contributed by atoms with Gasteiger partial charge in [0.15, 0.2) is 0 Å². The van der Waals surface area contributed by atoms with E-state index in [4.69, 9.17) is 4.74 Å². The number of benzene rings is 2. The van der Waals surface area contributed by atoms with Crippen molar-refractivity contribution in [3.63, 3.8) is 0 Å². The summed E-state index contributed by atoms with van der Waals surface area (Å²) < 4.78 is 7.78. The topological polar surface area (TPSA) is 50.7 Å².